The molecule has 2 N–H and O–H groups in total. The number of nitrogens with one attached hydrogen (secondary N) is 1. The van der Waals surface area contributed by atoms with Gasteiger partial charge in [-0.2, -0.15) is 0 Å². The van der Waals surface area contributed by atoms with Gasteiger partial charge in [-0.3, -0.25) is 9.69 Å². The van der Waals surface area contributed by atoms with Crippen molar-refractivity contribution in [2.45, 2.75) is 19.9 Å². The van der Waals surface area contributed by atoms with Crippen LogP contribution in [0.15, 0.2) is 59.8 Å². The summed E-state index contributed by atoms with van der Waals surface area (Å²) < 4.78 is 5.19. The predicted molar refractivity (Wildman–Crippen MR) is 105 cm³/mol. The first kappa shape index (κ1) is 17.9. The number of Topliss-reactive ketones (excluding diaryl/α,β-unsaturated/α-hetero) is 1. The maximum atomic E-state index is 12.4. The van der Waals surface area contributed by atoms with E-state index in [1.807, 2.05) is 42.2 Å². The van der Waals surface area contributed by atoms with Gasteiger partial charge >= 0.3 is 0 Å². The number of phenols is 1. The van der Waals surface area contributed by atoms with Gasteiger partial charge in [-0.25, -0.2) is 0 Å². The highest BCUT2D eigenvalue weighted by molar-refractivity contribution is 7.80. The molecule has 1 aliphatic heterocycles. The minimum atomic E-state index is -0.408. The molecule has 0 aliphatic carbocycles. The average molecular weight is 368 g/mol. The van der Waals surface area contributed by atoms with Gasteiger partial charge in [0.25, 0.3) is 0 Å². The Kier molecular flexibility index (Phi) is 4.95. The molecule has 2 aromatic rings. The van der Waals surface area contributed by atoms with Crippen LogP contribution in [0.25, 0.3) is 0 Å². The Morgan fingerprint density at radius 1 is 1.23 bits per heavy atom. The Morgan fingerprint density at radius 3 is 2.54 bits per heavy atom. The predicted octanol–water partition coefficient (Wildman–Crippen LogP) is 3.70. The van der Waals surface area contributed by atoms with Crippen LogP contribution in [0.3, 0.4) is 0 Å². The number of carbonyl (C=O) groups is 1. The normalized spacial score (nSPS) is 17.1. The molecule has 5 nitrogen and oxygen atoms in total. The summed E-state index contributed by atoms with van der Waals surface area (Å²) in [7, 11) is 1.49. The van der Waals surface area contributed by atoms with Gasteiger partial charge in [0.05, 0.1) is 13.2 Å². The van der Waals surface area contributed by atoms with E-state index in [-0.39, 0.29) is 11.5 Å². The van der Waals surface area contributed by atoms with Crippen molar-refractivity contribution in [3.8, 4) is 11.5 Å². The van der Waals surface area contributed by atoms with E-state index in [0.29, 0.717) is 16.4 Å². The second kappa shape index (κ2) is 7.17. The minimum absolute atomic E-state index is 0.0459. The van der Waals surface area contributed by atoms with Crippen molar-refractivity contribution in [3.63, 3.8) is 0 Å². The molecule has 3 rings (SSSR count). The molecule has 134 valence electrons. The Bertz CT molecular complexity index is 893. The lowest BCUT2D eigenvalue weighted by Gasteiger charge is -2.37. The first-order valence-corrected chi connectivity index (χ1v) is 8.59. The minimum Gasteiger partial charge on any atom is -0.504 e. The van der Waals surface area contributed by atoms with Gasteiger partial charge in [0.15, 0.2) is 22.4 Å². The highest BCUT2D eigenvalue weighted by atomic mass is 32.1. The molecule has 6 heteroatoms. The van der Waals surface area contributed by atoms with Gasteiger partial charge < -0.3 is 15.2 Å². The zero-order valence-corrected chi connectivity index (χ0v) is 15.6. The third-order valence-electron chi connectivity index (χ3n) is 4.42. The third kappa shape index (κ3) is 3.15. The number of rotatable bonds is 4. The molecule has 2 aromatic carbocycles. The van der Waals surface area contributed by atoms with E-state index in [1.54, 1.807) is 25.1 Å². The van der Waals surface area contributed by atoms with Crippen LogP contribution in [0.2, 0.25) is 0 Å². The fraction of sp³-hybridized carbons (Fsp3) is 0.200. The lowest BCUT2D eigenvalue weighted by Crippen LogP contribution is -2.47. The number of allylic oxidation sites excluding steroid dienone is 1. The fourth-order valence-corrected chi connectivity index (χ4v) is 3.57. The number of phenolic OH excluding ortho intramolecular Hbond substituents is 1. The van der Waals surface area contributed by atoms with E-state index < -0.39 is 6.04 Å². The Balaban J connectivity index is 2.12. The second-order valence-electron chi connectivity index (χ2n) is 6.04. The topological polar surface area (TPSA) is 61.8 Å². The van der Waals surface area contributed by atoms with Crippen molar-refractivity contribution in [1.82, 2.24) is 5.32 Å². The van der Waals surface area contributed by atoms with E-state index in [1.165, 1.54) is 7.11 Å². The number of para-hydroxylation sites is 1. The largest absolute Gasteiger partial charge is 0.504 e. The lowest BCUT2D eigenvalue weighted by molar-refractivity contribution is -0.114. The average Bonchev–Trinajstić information content (AvgIpc) is 2.62. The zero-order chi connectivity index (χ0) is 18.8. The summed E-state index contributed by atoms with van der Waals surface area (Å²) in [6, 6.07) is 14.3. The molecule has 0 fully saturated rings. The molecule has 0 radical (unpaired) electrons. The first-order valence-electron chi connectivity index (χ1n) is 8.18. The lowest BCUT2D eigenvalue weighted by atomic mass is 9.92. The summed E-state index contributed by atoms with van der Waals surface area (Å²) in [6.07, 6.45) is 0. The molecular weight excluding hydrogens is 348 g/mol. The van der Waals surface area contributed by atoms with Crippen molar-refractivity contribution in [1.29, 1.82) is 0 Å². The van der Waals surface area contributed by atoms with Gasteiger partial charge in [-0.05, 0) is 55.9 Å². The molecule has 0 aromatic heterocycles. The van der Waals surface area contributed by atoms with Crippen LogP contribution in [-0.2, 0) is 4.79 Å². The number of thiocarbonyl (C=S) groups is 1. The van der Waals surface area contributed by atoms with E-state index >= 15 is 0 Å². The van der Waals surface area contributed by atoms with Crippen LogP contribution in [0.4, 0.5) is 5.69 Å². The van der Waals surface area contributed by atoms with Gasteiger partial charge in [0.1, 0.15) is 0 Å². The second-order valence-corrected chi connectivity index (χ2v) is 6.43. The van der Waals surface area contributed by atoms with Crippen molar-refractivity contribution in [3.05, 3.63) is 65.4 Å². The molecule has 0 bridgehead atoms. The molecule has 0 amide bonds. The molecule has 0 saturated heterocycles. The Hall–Kier alpha value is -2.86. The molecular formula is C20H20N2O3S. The summed E-state index contributed by atoms with van der Waals surface area (Å²) >= 11 is 5.58. The first-order chi connectivity index (χ1) is 12.4. The molecule has 0 unspecified atom stereocenters. The fourth-order valence-electron chi connectivity index (χ4n) is 3.21. The maximum Gasteiger partial charge on any atom is 0.178 e. The molecule has 0 saturated carbocycles. The van der Waals surface area contributed by atoms with Gasteiger partial charge in [-0.1, -0.05) is 24.3 Å². The molecule has 1 atom stereocenters. The van der Waals surface area contributed by atoms with E-state index in [2.05, 4.69) is 5.32 Å². The van der Waals surface area contributed by atoms with Gasteiger partial charge in [0.2, 0.25) is 0 Å². The number of hydrogen-bond donors (Lipinski definition) is 2. The summed E-state index contributed by atoms with van der Waals surface area (Å²) in [5, 5.41) is 13.6. The van der Waals surface area contributed by atoms with E-state index in [9.17, 15) is 9.90 Å². The summed E-state index contributed by atoms with van der Waals surface area (Å²) in [5.74, 6) is 0.349. The number of aromatic hydroxyl groups is 1. The standard InChI is InChI=1S/C20H20N2O3S/c1-12-18(13(2)23)19(14-9-10-16(24)17(11-14)25-3)21-20(26)22(12)15-7-5-4-6-8-15/h4-11,19,24H,1-3H3,(H,21,26)/t19-/m1/s1. The van der Waals surface area contributed by atoms with Gasteiger partial charge in [0, 0.05) is 17.0 Å². The number of benzene rings is 2. The van der Waals surface area contributed by atoms with Crippen LogP contribution in [0.5, 0.6) is 11.5 Å². The van der Waals surface area contributed by atoms with Crippen molar-refractivity contribution in [2.24, 2.45) is 0 Å². The van der Waals surface area contributed by atoms with E-state index in [0.717, 1.165) is 16.9 Å². The summed E-state index contributed by atoms with van der Waals surface area (Å²) in [5.41, 5.74) is 3.09. The number of methoxy groups -OCH3 is 1. The highest BCUT2D eigenvalue weighted by Crippen LogP contribution is 2.36. The SMILES string of the molecule is COc1cc([C@H]2NC(=S)N(c3ccccc3)C(C)=C2C(C)=O)ccc1O. The van der Waals surface area contributed by atoms with Gasteiger partial charge in [-0.15, -0.1) is 0 Å². The summed E-state index contributed by atoms with van der Waals surface area (Å²) in [6.45, 7) is 3.43. The highest BCUT2D eigenvalue weighted by Gasteiger charge is 2.33. The number of ether oxygens (including phenoxy) is 1. The third-order valence-corrected chi connectivity index (χ3v) is 4.72. The van der Waals surface area contributed by atoms with Crippen LogP contribution in [-0.4, -0.2) is 23.1 Å². The quantitative estimate of drug-likeness (QED) is 0.803. The zero-order valence-electron chi connectivity index (χ0n) is 14.8. The monoisotopic (exact) mass is 368 g/mol. The number of anilines is 1. The van der Waals surface area contributed by atoms with Crippen LogP contribution < -0.4 is 15.0 Å². The molecule has 1 aliphatic rings. The van der Waals surface area contributed by atoms with E-state index in [4.69, 9.17) is 17.0 Å². The smallest absolute Gasteiger partial charge is 0.178 e. The number of hydrogen-bond acceptors (Lipinski definition) is 4. The van der Waals surface area contributed by atoms with Crippen LogP contribution in [0, 0.1) is 0 Å². The number of carbonyl (C=O) groups excluding carboxylic acids is 1. The number of ketones is 1. The summed E-state index contributed by atoms with van der Waals surface area (Å²) in [4.78, 5) is 14.3. The number of nitrogens with zero attached hydrogens (tertiary/aromatic N) is 1. The van der Waals surface area contributed by atoms with Crippen LogP contribution >= 0.6 is 12.2 Å². The Labute approximate surface area is 157 Å². The molecule has 0 spiro atoms. The Morgan fingerprint density at radius 2 is 1.92 bits per heavy atom. The molecule has 1 heterocycles. The van der Waals surface area contributed by atoms with Crippen molar-refractivity contribution >= 4 is 28.8 Å². The maximum absolute atomic E-state index is 12.4. The molecule has 26 heavy (non-hydrogen) atoms. The van der Waals surface area contributed by atoms with Crippen LogP contribution in [0.1, 0.15) is 25.5 Å². The van der Waals surface area contributed by atoms with Crippen molar-refractivity contribution < 1.29 is 14.6 Å². The van der Waals surface area contributed by atoms with Crippen molar-refractivity contribution in [2.75, 3.05) is 12.0 Å².